The molecule has 5 nitrogen and oxygen atoms in total. The molecule has 0 N–H and O–H groups in total. The van der Waals surface area contributed by atoms with Crippen molar-refractivity contribution in [3.8, 4) is 16.9 Å². The SMILES string of the molecule is CN(C(=O)OC(C)(C)C)C1(COc2cncc(-c3cc(F)ccc3F)c2)CC1. The van der Waals surface area contributed by atoms with Gasteiger partial charge in [-0.2, -0.15) is 0 Å². The molecule has 0 unspecified atom stereocenters. The second-order valence-electron chi connectivity index (χ2n) is 8.09. The van der Waals surface area contributed by atoms with Crippen LogP contribution in [0, 0.1) is 11.6 Å². The molecule has 2 aromatic rings. The summed E-state index contributed by atoms with van der Waals surface area (Å²) in [5.74, 6) is -0.646. The minimum Gasteiger partial charge on any atom is -0.490 e. The highest BCUT2D eigenvalue weighted by Gasteiger charge is 2.50. The van der Waals surface area contributed by atoms with E-state index in [4.69, 9.17) is 9.47 Å². The number of hydrogen-bond acceptors (Lipinski definition) is 4. The van der Waals surface area contributed by atoms with Gasteiger partial charge in [0.25, 0.3) is 0 Å². The predicted octanol–water partition coefficient (Wildman–Crippen LogP) is 4.81. The van der Waals surface area contributed by atoms with Gasteiger partial charge in [0.2, 0.25) is 0 Å². The van der Waals surface area contributed by atoms with Crippen molar-refractivity contribution < 1.29 is 23.0 Å². The zero-order valence-electron chi connectivity index (χ0n) is 16.5. The number of benzene rings is 1. The van der Waals surface area contributed by atoms with Crippen LogP contribution in [-0.2, 0) is 4.74 Å². The van der Waals surface area contributed by atoms with Crippen molar-refractivity contribution in [2.75, 3.05) is 13.7 Å². The van der Waals surface area contributed by atoms with Gasteiger partial charge in [-0.1, -0.05) is 0 Å². The van der Waals surface area contributed by atoms with Gasteiger partial charge in [-0.25, -0.2) is 13.6 Å². The largest absolute Gasteiger partial charge is 0.490 e. The molecule has 1 saturated carbocycles. The van der Waals surface area contributed by atoms with E-state index >= 15 is 0 Å². The maximum atomic E-state index is 14.0. The van der Waals surface area contributed by atoms with E-state index in [2.05, 4.69) is 4.98 Å². The Morgan fingerprint density at radius 1 is 1.21 bits per heavy atom. The van der Waals surface area contributed by atoms with Crippen molar-refractivity contribution in [2.24, 2.45) is 0 Å². The van der Waals surface area contributed by atoms with Crippen LogP contribution in [0.1, 0.15) is 33.6 Å². The summed E-state index contributed by atoms with van der Waals surface area (Å²) in [6.07, 6.45) is 4.15. The Labute approximate surface area is 163 Å². The molecule has 3 rings (SSSR count). The molecular formula is C21H24F2N2O3. The van der Waals surface area contributed by atoms with E-state index in [0.29, 0.717) is 11.3 Å². The molecule has 1 amide bonds. The number of nitrogens with zero attached hydrogens (tertiary/aromatic N) is 2. The van der Waals surface area contributed by atoms with Gasteiger partial charge in [-0.3, -0.25) is 4.98 Å². The molecular weight excluding hydrogens is 366 g/mol. The Morgan fingerprint density at radius 2 is 1.93 bits per heavy atom. The van der Waals surface area contributed by atoms with E-state index in [9.17, 15) is 13.6 Å². The number of carbonyl (C=O) groups excluding carboxylic acids is 1. The molecule has 1 aliphatic carbocycles. The molecule has 1 aliphatic rings. The fourth-order valence-electron chi connectivity index (χ4n) is 2.83. The van der Waals surface area contributed by atoms with Crippen molar-refractivity contribution in [3.05, 3.63) is 48.3 Å². The summed E-state index contributed by atoms with van der Waals surface area (Å²) >= 11 is 0. The van der Waals surface area contributed by atoms with Crippen LogP contribution in [0.5, 0.6) is 5.75 Å². The molecule has 1 fully saturated rings. The third-order valence-corrected chi connectivity index (χ3v) is 4.67. The van der Waals surface area contributed by atoms with Gasteiger partial charge < -0.3 is 14.4 Å². The number of halogens is 2. The van der Waals surface area contributed by atoms with Gasteiger partial charge in [-0.15, -0.1) is 0 Å². The number of hydrogen-bond donors (Lipinski definition) is 0. The summed E-state index contributed by atoms with van der Waals surface area (Å²) in [4.78, 5) is 18.0. The summed E-state index contributed by atoms with van der Waals surface area (Å²) in [6, 6.07) is 4.87. The first kappa shape index (κ1) is 20.0. The first-order valence-corrected chi connectivity index (χ1v) is 9.10. The maximum absolute atomic E-state index is 14.0. The number of carbonyl (C=O) groups is 1. The molecule has 0 bridgehead atoms. The van der Waals surface area contributed by atoms with Crippen molar-refractivity contribution >= 4 is 6.09 Å². The van der Waals surface area contributed by atoms with Crippen LogP contribution in [0.2, 0.25) is 0 Å². The van der Waals surface area contributed by atoms with E-state index < -0.39 is 28.9 Å². The average Bonchev–Trinajstić information content (AvgIpc) is 3.41. The number of aromatic nitrogens is 1. The minimum absolute atomic E-state index is 0.116. The molecule has 28 heavy (non-hydrogen) atoms. The first-order valence-electron chi connectivity index (χ1n) is 9.10. The molecule has 1 heterocycles. The number of likely N-dealkylation sites (N-methyl/N-ethyl adjacent to an activating group) is 1. The van der Waals surface area contributed by atoms with Crippen LogP contribution in [-0.4, -0.2) is 40.8 Å². The van der Waals surface area contributed by atoms with Gasteiger partial charge in [-0.05, 0) is 57.9 Å². The summed E-state index contributed by atoms with van der Waals surface area (Å²) in [5, 5.41) is 0. The van der Waals surface area contributed by atoms with Crippen molar-refractivity contribution in [1.82, 2.24) is 9.88 Å². The van der Waals surface area contributed by atoms with Crippen LogP contribution < -0.4 is 4.74 Å². The van der Waals surface area contributed by atoms with E-state index in [1.54, 1.807) is 18.0 Å². The summed E-state index contributed by atoms with van der Waals surface area (Å²) < 4.78 is 38.7. The van der Waals surface area contributed by atoms with Gasteiger partial charge in [0.1, 0.15) is 29.6 Å². The van der Waals surface area contributed by atoms with Gasteiger partial charge in [0, 0.05) is 24.4 Å². The first-order chi connectivity index (χ1) is 13.1. The smallest absolute Gasteiger partial charge is 0.410 e. The van der Waals surface area contributed by atoms with Crippen molar-refractivity contribution in [3.63, 3.8) is 0 Å². The Hall–Kier alpha value is -2.70. The van der Waals surface area contributed by atoms with Crippen LogP contribution >= 0.6 is 0 Å². The average molecular weight is 390 g/mol. The lowest BCUT2D eigenvalue weighted by Gasteiger charge is -2.30. The Morgan fingerprint density at radius 3 is 2.57 bits per heavy atom. The predicted molar refractivity (Wildman–Crippen MR) is 101 cm³/mol. The Kier molecular flexibility index (Phi) is 5.28. The second-order valence-corrected chi connectivity index (χ2v) is 8.09. The molecule has 1 aromatic heterocycles. The lowest BCUT2D eigenvalue weighted by Crippen LogP contribution is -2.45. The third kappa shape index (κ3) is 4.58. The molecule has 0 radical (unpaired) electrons. The molecule has 150 valence electrons. The van der Waals surface area contributed by atoms with Crippen LogP contribution in [0.4, 0.5) is 13.6 Å². The monoisotopic (exact) mass is 390 g/mol. The lowest BCUT2D eigenvalue weighted by atomic mass is 10.1. The number of pyridine rings is 1. The quantitative estimate of drug-likeness (QED) is 0.736. The van der Waals surface area contributed by atoms with E-state index in [-0.39, 0.29) is 12.2 Å². The summed E-state index contributed by atoms with van der Waals surface area (Å²) in [7, 11) is 1.70. The fraction of sp³-hybridized carbons (Fsp3) is 0.429. The Bertz CT molecular complexity index is 876. The maximum Gasteiger partial charge on any atom is 0.410 e. The standard InChI is InChI=1S/C21H24F2N2O3/c1-20(2,3)28-19(26)25(4)21(7-8-21)13-27-16-9-14(11-24-12-16)17-10-15(22)5-6-18(17)23/h5-6,9-12H,7-8,13H2,1-4H3. The highest BCUT2D eigenvalue weighted by Crippen LogP contribution is 2.42. The van der Waals surface area contributed by atoms with Crippen LogP contribution in [0.15, 0.2) is 36.7 Å². The third-order valence-electron chi connectivity index (χ3n) is 4.67. The molecule has 1 aromatic carbocycles. The number of ether oxygens (including phenoxy) is 2. The van der Waals surface area contributed by atoms with Crippen LogP contribution in [0.3, 0.4) is 0 Å². The van der Waals surface area contributed by atoms with Gasteiger partial charge in [0.05, 0.1) is 11.7 Å². The minimum atomic E-state index is -0.574. The molecule has 0 atom stereocenters. The van der Waals surface area contributed by atoms with E-state index in [0.717, 1.165) is 31.0 Å². The van der Waals surface area contributed by atoms with Gasteiger partial charge >= 0.3 is 6.09 Å². The number of rotatable bonds is 5. The van der Waals surface area contributed by atoms with E-state index in [1.165, 1.54) is 12.4 Å². The topological polar surface area (TPSA) is 51.7 Å². The van der Waals surface area contributed by atoms with Crippen molar-refractivity contribution in [1.29, 1.82) is 0 Å². The zero-order valence-corrected chi connectivity index (χ0v) is 16.5. The summed E-state index contributed by atoms with van der Waals surface area (Å²) in [5.41, 5.74) is -0.470. The normalized spacial score (nSPS) is 15.1. The highest BCUT2D eigenvalue weighted by molar-refractivity contribution is 5.69. The van der Waals surface area contributed by atoms with Gasteiger partial charge in [0.15, 0.2) is 0 Å². The number of amides is 1. The lowest BCUT2D eigenvalue weighted by molar-refractivity contribution is 0.0139. The molecule has 0 saturated heterocycles. The zero-order chi connectivity index (χ0) is 20.5. The molecule has 7 heteroatoms. The molecule has 0 aliphatic heterocycles. The summed E-state index contributed by atoms with van der Waals surface area (Å²) in [6.45, 7) is 5.71. The Balaban J connectivity index is 1.70. The second kappa shape index (κ2) is 7.37. The highest BCUT2D eigenvalue weighted by atomic mass is 19.1. The van der Waals surface area contributed by atoms with Crippen LogP contribution in [0.25, 0.3) is 11.1 Å². The van der Waals surface area contributed by atoms with Crippen molar-refractivity contribution in [2.45, 2.75) is 44.8 Å². The van der Waals surface area contributed by atoms with E-state index in [1.807, 2.05) is 20.8 Å². The fourth-order valence-corrected chi connectivity index (χ4v) is 2.83. The molecule has 0 spiro atoms.